The zero-order valence-corrected chi connectivity index (χ0v) is 9.67. The Hall–Kier alpha value is -1.49. The number of hydrogen-bond donors (Lipinski definition) is 2. The molecule has 0 saturated heterocycles. The molecule has 94 valence electrons. The van der Waals surface area contributed by atoms with E-state index in [4.69, 9.17) is 5.73 Å². The molecular weight excluding hydrogens is 226 g/mol. The molecule has 0 spiro atoms. The molecule has 5 heteroatoms. The number of carbonyl (C=O) groups is 1. The van der Waals surface area contributed by atoms with Crippen molar-refractivity contribution in [3.63, 3.8) is 0 Å². The largest absolute Gasteiger partial charge is 0.322 e. The van der Waals surface area contributed by atoms with Crippen LogP contribution in [0.2, 0.25) is 0 Å². The van der Waals surface area contributed by atoms with Crippen molar-refractivity contribution in [2.45, 2.75) is 32.2 Å². The van der Waals surface area contributed by atoms with Gasteiger partial charge in [0.05, 0.1) is 11.7 Å². The number of unbranched alkanes of at least 4 members (excludes halogenated alkanes) is 1. The third kappa shape index (κ3) is 4.11. The number of nitrogens with one attached hydrogen (secondary N) is 1. The molecule has 1 atom stereocenters. The van der Waals surface area contributed by atoms with Gasteiger partial charge in [-0.15, -0.1) is 0 Å². The molecule has 0 heterocycles. The minimum absolute atomic E-state index is 0.179. The first-order valence-electron chi connectivity index (χ1n) is 5.56. The van der Waals surface area contributed by atoms with Crippen LogP contribution in [0.15, 0.2) is 18.2 Å². The standard InChI is InChI=1S/C12H16F2N2O/c1-2-3-4-10(15)12(17)16-11-7-8(13)5-6-9(11)14/h5-7,10H,2-4,15H2,1H3,(H,16,17). The van der Waals surface area contributed by atoms with E-state index in [2.05, 4.69) is 5.32 Å². The highest BCUT2D eigenvalue weighted by atomic mass is 19.1. The van der Waals surface area contributed by atoms with E-state index in [-0.39, 0.29) is 5.69 Å². The van der Waals surface area contributed by atoms with Crippen LogP contribution >= 0.6 is 0 Å². The van der Waals surface area contributed by atoms with Crippen molar-refractivity contribution in [2.24, 2.45) is 5.73 Å². The molecule has 1 aromatic carbocycles. The van der Waals surface area contributed by atoms with Crippen LogP contribution < -0.4 is 11.1 Å². The van der Waals surface area contributed by atoms with E-state index in [9.17, 15) is 13.6 Å². The van der Waals surface area contributed by atoms with E-state index < -0.39 is 23.6 Å². The first-order valence-corrected chi connectivity index (χ1v) is 5.56. The molecule has 1 rings (SSSR count). The Morgan fingerprint density at radius 3 is 2.82 bits per heavy atom. The fraction of sp³-hybridized carbons (Fsp3) is 0.417. The van der Waals surface area contributed by atoms with E-state index in [1.54, 1.807) is 0 Å². The van der Waals surface area contributed by atoms with E-state index in [0.717, 1.165) is 31.0 Å². The Kier molecular flexibility index (Phi) is 5.03. The summed E-state index contributed by atoms with van der Waals surface area (Å²) in [7, 11) is 0. The highest BCUT2D eigenvalue weighted by Gasteiger charge is 2.14. The summed E-state index contributed by atoms with van der Waals surface area (Å²) in [6, 6.07) is 2.18. The molecule has 0 aliphatic heterocycles. The Labute approximate surface area is 99.0 Å². The maximum Gasteiger partial charge on any atom is 0.241 e. The molecule has 1 amide bonds. The SMILES string of the molecule is CCCCC(N)C(=O)Nc1cc(F)ccc1F. The van der Waals surface area contributed by atoms with Crippen LogP contribution in [0.25, 0.3) is 0 Å². The zero-order chi connectivity index (χ0) is 12.8. The Morgan fingerprint density at radius 2 is 2.18 bits per heavy atom. The second kappa shape index (κ2) is 6.30. The number of nitrogens with two attached hydrogens (primary N) is 1. The lowest BCUT2D eigenvalue weighted by atomic mass is 10.1. The quantitative estimate of drug-likeness (QED) is 0.833. The molecule has 1 unspecified atom stereocenters. The first kappa shape index (κ1) is 13.6. The summed E-state index contributed by atoms with van der Waals surface area (Å²) >= 11 is 0. The van der Waals surface area contributed by atoms with Gasteiger partial charge < -0.3 is 11.1 Å². The Balaban J connectivity index is 2.64. The van der Waals surface area contributed by atoms with Gasteiger partial charge in [0.15, 0.2) is 0 Å². The van der Waals surface area contributed by atoms with Crippen molar-refractivity contribution in [2.75, 3.05) is 5.32 Å². The summed E-state index contributed by atoms with van der Waals surface area (Å²) in [5, 5.41) is 2.28. The molecule has 0 saturated carbocycles. The number of halogens is 2. The number of anilines is 1. The number of carbonyl (C=O) groups excluding carboxylic acids is 1. The Bertz CT molecular complexity index is 396. The highest BCUT2D eigenvalue weighted by molar-refractivity contribution is 5.94. The van der Waals surface area contributed by atoms with E-state index >= 15 is 0 Å². The molecular formula is C12H16F2N2O. The first-order chi connectivity index (χ1) is 8.04. The molecule has 0 aromatic heterocycles. The van der Waals surface area contributed by atoms with Gasteiger partial charge in [0.2, 0.25) is 5.91 Å². The second-order valence-electron chi connectivity index (χ2n) is 3.86. The van der Waals surface area contributed by atoms with Crippen LogP contribution in [-0.2, 0) is 4.79 Å². The van der Waals surface area contributed by atoms with Crippen LogP contribution in [0.3, 0.4) is 0 Å². The van der Waals surface area contributed by atoms with E-state index in [1.165, 1.54) is 0 Å². The minimum Gasteiger partial charge on any atom is -0.322 e. The summed E-state index contributed by atoms with van der Waals surface area (Å²) in [5.74, 6) is -1.78. The topological polar surface area (TPSA) is 55.1 Å². The number of benzene rings is 1. The zero-order valence-electron chi connectivity index (χ0n) is 9.67. The van der Waals surface area contributed by atoms with Gasteiger partial charge >= 0.3 is 0 Å². The van der Waals surface area contributed by atoms with Crippen LogP contribution in [0.4, 0.5) is 14.5 Å². The summed E-state index contributed by atoms with van der Waals surface area (Å²) in [5.41, 5.74) is 5.43. The van der Waals surface area contributed by atoms with Gasteiger partial charge in [0, 0.05) is 6.07 Å². The highest BCUT2D eigenvalue weighted by Crippen LogP contribution is 2.15. The van der Waals surface area contributed by atoms with E-state index in [0.29, 0.717) is 6.42 Å². The molecule has 3 N–H and O–H groups in total. The van der Waals surface area contributed by atoms with Gasteiger partial charge in [-0.3, -0.25) is 4.79 Å². The molecule has 0 fully saturated rings. The lowest BCUT2D eigenvalue weighted by molar-refractivity contribution is -0.117. The monoisotopic (exact) mass is 242 g/mol. The minimum atomic E-state index is -0.697. The van der Waals surface area contributed by atoms with Crippen molar-refractivity contribution in [1.29, 1.82) is 0 Å². The van der Waals surface area contributed by atoms with Crippen molar-refractivity contribution in [3.8, 4) is 0 Å². The van der Waals surface area contributed by atoms with Gasteiger partial charge in [-0.2, -0.15) is 0 Å². The van der Waals surface area contributed by atoms with Crippen LogP contribution in [0.5, 0.6) is 0 Å². The average Bonchev–Trinajstić information content (AvgIpc) is 2.30. The second-order valence-corrected chi connectivity index (χ2v) is 3.86. The fourth-order valence-electron chi connectivity index (χ4n) is 1.37. The number of hydrogen-bond acceptors (Lipinski definition) is 2. The summed E-state index contributed by atoms with van der Waals surface area (Å²) in [4.78, 5) is 11.6. The summed E-state index contributed by atoms with van der Waals surface area (Å²) < 4.78 is 26.1. The van der Waals surface area contributed by atoms with Gasteiger partial charge in [-0.05, 0) is 18.6 Å². The smallest absolute Gasteiger partial charge is 0.241 e. The van der Waals surface area contributed by atoms with Crippen molar-refractivity contribution >= 4 is 11.6 Å². The van der Waals surface area contributed by atoms with Gasteiger partial charge in [0.1, 0.15) is 11.6 Å². The molecule has 3 nitrogen and oxygen atoms in total. The van der Waals surface area contributed by atoms with Crippen molar-refractivity contribution < 1.29 is 13.6 Å². The predicted octanol–water partition coefficient (Wildman–Crippen LogP) is 2.42. The third-order valence-corrected chi connectivity index (χ3v) is 2.39. The lowest BCUT2D eigenvalue weighted by Crippen LogP contribution is -2.35. The lowest BCUT2D eigenvalue weighted by Gasteiger charge is -2.12. The summed E-state index contributed by atoms with van der Waals surface area (Å²) in [6.07, 6.45) is 2.27. The summed E-state index contributed by atoms with van der Waals surface area (Å²) in [6.45, 7) is 1.98. The van der Waals surface area contributed by atoms with Gasteiger partial charge in [-0.1, -0.05) is 19.8 Å². The molecule has 0 aliphatic carbocycles. The third-order valence-electron chi connectivity index (χ3n) is 2.39. The molecule has 0 radical (unpaired) electrons. The maximum atomic E-state index is 13.2. The van der Waals surface area contributed by atoms with Crippen molar-refractivity contribution in [1.82, 2.24) is 0 Å². The fourth-order valence-corrected chi connectivity index (χ4v) is 1.37. The average molecular weight is 242 g/mol. The van der Waals surface area contributed by atoms with E-state index in [1.807, 2.05) is 6.92 Å². The van der Waals surface area contributed by atoms with Crippen molar-refractivity contribution in [3.05, 3.63) is 29.8 Å². The van der Waals surface area contributed by atoms with Gasteiger partial charge in [-0.25, -0.2) is 8.78 Å². The van der Waals surface area contributed by atoms with Gasteiger partial charge in [0.25, 0.3) is 0 Å². The number of amides is 1. The molecule has 17 heavy (non-hydrogen) atoms. The Morgan fingerprint density at radius 1 is 1.47 bits per heavy atom. The normalized spacial score (nSPS) is 12.2. The maximum absolute atomic E-state index is 13.2. The predicted molar refractivity (Wildman–Crippen MR) is 62.5 cm³/mol. The molecule has 0 aliphatic rings. The van der Waals surface area contributed by atoms with Crippen LogP contribution in [0.1, 0.15) is 26.2 Å². The molecule has 1 aromatic rings. The van der Waals surface area contributed by atoms with Crippen LogP contribution in [0, 0.1) is 11.6 Å². The number of rotatable bonds is 5. The van der Waals surface area contributed by atoms with Crippen LogP contribution in [-0.4, -0.2) is 11.9 Å². The molecule has 0 bridgehead atoms.